The van der Waals surface area contributed by atoms with Gasteiger partial charge in [-0.3, -0.25) is 4.79 Å². The molecule has 2 aromatic carbocycles. The van der Waals surface area contributed by atoms with E-state index in [1.165, 1.54) is 24.4 Å². The van der Waals surface area contributed by atoms with E-state index in [9.17, 15) is 9.18 Å². The summed E-state index contributed by atoms with van der Waals surface area (Å²) < 4.78 is 13.0. The fourth-order valence-corrected chi connectivity index (χ4v) is 1.72. The third-order valence-corrected chi connectivity index (χ3v) is 2.88. The second-order valence-corrected chi connectivity index (χ2v) is 4.70. The molecule has 0 aliphatic carbocycles. The molecule has 1 N–H and O–H groups in total. The molecule has 0 aliphatic heterocycles. The van der Waals surface area contributed by atoms with Crippen LogP contribution in [0.25, 0.3) is 0 Å². The monoisotopic (exact) mass is 285 g/mol. The maximum atomic E-state index is 13.0. The SMILES string of the molecule is CN(C)c1ccc(/C=N\NC(=O)c2cccc(F)c2)cc1. The molecule has 0 radical (unpaired) electrons. The van der Waals surface area contributed by atoms with E-state index in [0.717, 1.165) is 17.3 Å². The van der Waals surface area contributed by atoms with E-state index in [-0.39, 0.29) is 5.56 Å². The summed E-state index contributed by atoms with van der Waals surface area (Å²) in [5.74, 6) is -0.901. The minimum absolute atomic E-state index is 0.232. The van der Waals surface area contributed by atoms with Crippen LogP contribution >= 0.6 is 0 Å². The lowest BCUT2D eigenvalue weighted by Gasteiger charge is -2.11. The summed E-state index contributed by atoms with van der Waals surface area (Å²) in [5.41, 5.74) is 4.54. The smallest absolute Gasteiger partial charge is 0.271 e. The number of nitrogens with one attached hydrogen (secondary N) is 1. The zero-order valence-electron chi connectivity index (χ0n) is 11.9. The van der Waals surface area contributed by atoms with Gasteiger partial charge in [0.15, 0.2) is 0 Å². The maximum absolute atomic E-state index is 13.0. The van der Waals surface area contributed by atoms with E-state index in [1.54, 1.807) is 0 Å². The molecule has 5 heteroatoms. The van der Waals surface area contributed by atoms with Crippen molar-refractivity contribution in [3.63, 3.8) is 0 Å². The Balaban J connectivity index is 1.97. The normalized spacial score (nSPS) is 10.6. The van der Waals surface area contributed by atoms with Gasteiger partial charge in [0.05, 0.1) is 6.21 Å². The molecule has 108 valence electrons. The van der Waals surface area contributed by atoms with Crippen molar-refractivity contribution >= 4 is 17.8 Å². The number of halogens is 1. The van der Waals surface area contributed by atoms with E-state index >= 15 is 0 Å². The first-order chi connectivity index (χ1) is 10.1. The summed E-state index contributed by atoms with van der Waals surface area (Å²) in [6.45, 7) is 0. The number of rotatable bonds is 4. The molecular weight excluding hydrogens is 269 g/mol. The standard InChI is InChI=1S/C16H16FN3O/c1-20(2)15-8-6-12(7-9-15)11-18-19-16(21)13-4-3-5-14(17)10-13/h3-11H,1-2H3,(H,19,21)/b18-11-. The van der Waals surface area contributed by atoms with E-state index < -0.39 is 11.7 Å². The van der Waals surface area contributed by atoms with Crippen molar-refractivity contribution in [2.24, 2.45) is 5.10 Å². The molecule has 0 saturated carbocycles. The van der Waals surface area contributed by atoms with Gasteiger partial charge in [0, 0.05) is 25.3 Å². The third-order valence-electron chi connectivity index (χ3n) is 2.88. The lowest BCUT2D eigenvalue weighted by Crippen LogP contribution is -2.17. The first-order valence-corrected chi connectivity index (χ1v) is 6.42. The molecule has 0 atom stereocenters. The molecule has 21 heavy (non-hydrogen) atoms. The molecule has 1 amide bonds. The molecule has 0 aliphatic rings. The van der Waals surface area contributed by atoms with Gasteiger partial charge in [-0.2, -0.15) is 5.10 Å². The highest BCUT2D eigenvalue weighted by Crippen LogP contribution is 2.10. The van der Waals surface area contributed by atoms with Crippen LogP contribution in [-0.4, -0.2) is 26.2 Å². The van der Waals surface area contributed by atoms with E-state index in [1.807, 2.05) is 43.3 Å². The largest absolute Gasteiger partial charge is 0.378 e. The molecule has 0 unspecified atom stereocenters. The summed E-state index contributed by atoms with van der Waals surface area (Å²) in [6, 6.07) is 13.2. The number of amides is 1. The maximum Gasteiger partial charge on any atom is 0.271 e. The number of anilines is 1. The fraction of sp³-hybridized carbons (Fsp3) is 0.125. The second-order valence-electron chi connectivity index (χ2n) is 4.70. The summed E-state index contributed by atoms with van der Waals surface area (Å²) in [7, 11) is 3.92. The Morgan fingerprint density at radius 2 is 1.90 bits per heavy atom. The van der Waals surface area contributed by atoms with Crippen molar-refractivity contribution in [3.8, 4) is 0 Å². The van der Waals surface area contributed by atoms with Crippen LogP contribution in [0, 0.1) is 5.82 Å². The van der Waals surface area contributed by atoms with Crippen LogP contribution in [0.5, 0.6) is 0 Å². The Hall–Kier alpha value is -2.69. The van der Waals surface area contributed by atoms with Crippen molar-refractivity contribution in [2.75, 3.05) is 19.0 Å². The van der Waals surface area contributed by atoms with Crippen molar-refractivity contribution in [1.29, 1.82) is 0 Å². The predicted octanol–water partition coefficient (Wildman–Crippen LogP) is 2.66. The van der Waals surface area contributed by atoms with Gasteiger partial charge in [-0.05, 0) is 35.9 Å². The Morgan fingerprint density at radius 1 is 1.19 bits per heavy atom. The average molecular weight is 285 g/mol. The summed E-state index contributed by atoms with van der Waals surface area (Å²) in [4.78, 5) is 13.7. The minimum atomic E-state index is -0.453. The van der Waals surface area contributed by atoms with Crippen LogP contribution in [0.4, 0.5) is 10.1 Å². The van der Waals surface area contributed by atoms with Gasteiger partial charge in [0.2, 0.25) is 0 Å². The summed E-state index contributed by atoms with van der Waals surface area (Å²) in [5, 5.41) is 3.86. The number of hydrazone groups is 1. The van der Waals surface area contributed by atoms with Crippen molar-refractivity contribution in [1.82, 2.24) is 5.43 Å². The highest BCUT2D eigenvalue weighted by Gasteiger charge is 2.04. The zero-order valence-corrected chi connectivity index (χ0v) is 11.9. The molecule has 0 fully saturated rings. The molecule has 0 aromatic heterocycles. The number of benzene rings is 2. The Labute approximate surface area is 122 Å². The van der Waals surface area contributed by atoms with Gasteiger partial charge in [-0.25, -0.2) is 9.82 Å². The average Bonchev–Trinajstić information content (AvgIpc) is 2.47. The minimum Gasteiger partial charge on any atom is -0.378 e. The molecule has 2 rings (SSSR count). The van der Waals surface area contributed by atoms with Crippen LogP contribution < -0.4 is 10.3 Å². The van der Waals surface area contributed by atoms with E-state index in [4.69, 9.17) is 0 Å². The third kappa shape index (κ3) is 4.14. The lowest BCUT2D eigenvalue weighted by molar-refractivity contribution is 0.0954. The Kier molecular flexibility index (Phi) is 4.66. The molecule has 0 heterocycles. The van der Waals surface area contributed by atoms with Crippen molar-refractivity contribution in [3.05, 3.63) is 65.5 Å². The van der Waals surface area contributed by atoms with Gasteiger partial charge in [0.25, 0.3) is 5.91 Å². The molecule has 0 bridgehead atoms. The van der Waals surface area contributed by atoms with Crippen LogP contribution in [0.15, 0.2) is 53.6 Å². The molecule has 0 spiro atoms. The number of carbonyl (C=O) groups is 1. The first kappa shape index (κ1) is 14.7. The highest BCUT2D eigenvalue weighted by molar-refractivity contribution is 5.94. The number of hydrogen-bond donors (Lipinski definition) is 1. The molecule has 4 nitrogen and oxygen atoms in total. The van der Waals surface area contributed by atoms with Crippen LogP contribution in [0.3, 0.4) is 0 Å². The predicted molar refractivity (Wildman–Crippen MR) is 82.2 cm³/mol. The van der Waals surface area contributed by atoms with Crippen LogP contribution in [0.1, 0.15) is 15.9 Å². The van der Waals surface area contributed by atoms with Crippen molar-refractivity contribution in [2.45, 2.75) is 0 Å². The quantitative estimate of drug-likeness (QED) is 0.693. The summed E-state index contributed by atoms with van der Waals surface area (Å²) >= 11 is 0. The van der Waals surface area contributed by atoms with Gasteiger partial charge < -0.3 is 4.90 Å². The van der Waals surface area contributed by atoms with E-state index in [0.29, 0.717) is 0 Å². The zero-order chi connectivity index (χ0) is 15.2. The number of nitrogens with zero attached hydrogens (tertiary/aromatic N) is 2. The Bertz CT molecular complexity index is 651. The second kappa shape index (κ2) is 6.65. The molecule has 2 aromatic rings. The van der Waals surface area contributed by atoms with Gasteiger partial charge in [-0.1, -0.05) is 18.2 Å². The lowest BCUT2D eigenvalue weighted by atomic mass is 10.2. The Morgan fingerprint density at radius 3 is 2.52 bits per heavy atom. The van der Waals surface area contributed by atoms with Crippen LogP contribution in [0.2, 0.25) is 0 Å². The van der Waals surface area contributed by atoms with Gasteiger partial charge >= 0.3 is 0 Å². The topological polar surface area (TPSA) is 44.7 Å². The number of hydrogen-bond acceptors (Lipinski definition) is 3. The van der Waals surface area contributed by atoms with Crippen molar-refractivity contribution < 1.29 is 9.18 Å². The van der Waals surface area contributed by atoms with E-state index in [2.05, 4.69) is 10.5 Å². The van der Waals surface area contributed by atoms with Gasteiger partial charge in [0.1, 0.15) is 5.82 Å². The highest BCUT2D eigenvalue weighted by atomic mass is 19.1. The first-order valence-electron chi connectivity index (χ1n) is 6.42. The van der Waals surface area contributed by atoms with Crippen LogP contribution in [-0.2, 0) is 0 Å². The van der Waals surface area contributed by atoms with Gasteiger partial charge in [-0.15, -0.1) is 0 Å². The molecular formula is C16H16FN3O. The molecule has 0 saturated heterocycles. The fourth-order valence-electron chi connectivity index (χ4n) is 1.72. The number of carbonyl (C=O) groups excluding carboxylic acids is 1. The summed E-state index contributed by atoms with van der Waals surface area (Å²) in [6.07, 6.45) is 1.54.